The van der Waals surface area contributed by atoms with Crippen molar-refractivity contribution in [1.29, 1.82) is 0 Å². The molecular weight excluding hydrogens is 1630 g/mol. The number of hydrogen-bond donors (Lipinski definition) is 19. The van der Waals surface area contributed by atoms with Crippen LogP contribution in [0.3, 0.4) is 0 Å². The van der Waals surface area contributed by atoms with Crippen molar-refractivity contribution in [3.63, 3.8) is 0 Å². The zero-order chi connectivity index (χ0) is 93.1. The molecule has 2 heterocycles. The quantitative estimate of drug-likeness (QED) is 0.0224. The number of benzene rings is 4. The van der Waals surface area contributed by atoms with Crippen LogP contribution in [-0.2, 0) is 102 Å². The van der Waals surface area contributed by atoms with Crippen LogP contribution in [0, 0.1) is 17.8 Å². The number of H-pyrrole nitrogens is 1. The van der Waals surface area contributed by atoms with Crippen LogP contribution in [0.25, 0.3) is 10.9 Å². The normalized spacial score (nSPS) is 21.9. The summed E-state index contributed by atoms with van der Waals surface area (Å²) in [7, 11) is 0. The van der Waals surface area contributed by atoms with Crippen LogP contribution >= 0.6 is 0 Å². The molecule has 0 saturated heterocycles. The number of aromatic hydroxyl groups is 1. The predicted molar refractivity (Wildman–Crippen MR) is 477 cm³/mol. The minimum Gasteiger partial charge on any atom is -0.508 e. The highest BCUT2D eigenvalue weighted by molar-refractivity contribution is 6.41. The Morgan fingerprint density at radius 2 is 1.12 bits per heavy atom. The zero-order valence-electron chi connectivity index (χ0n) is 73.7. The van der Waals surface area contributed by atoms with Gasteiger partial charge in [-0.15, -0.1) is 0 Å². The number of ketones is 2. The number of nitrogens with two attached hydrogens (primary N) is 2. The van der Waals surface area contributed by atoms with Gasteiger partial charge in [0.25, 0.3) is 0 Å². The van der Waals surface area contributed by atoms with E-state index in [1.165, 1.54) is 72.7 Å². The Morgan fingerprint density at radius 1 is 0.543 bits per heavy atom. The van der Waals surface area contributed by atoms with Gasteiger partial charge in [-0.05, 0) is 152 Å². The molecule has 0 fully saturated rings. The maximum absolute atomic E-state index is 15.3. The average Bonchev–Trinajstić information content (AvgIpc) is 1.76. The fourth-order valence-corrected chi connectivity index (χ4v) is 14.6. The molecule has 15 atom stereocenters. The number of para-hydroxylation sites is 1. The van der Waals surface area contributed by atoms with Gasteiger partial charge in [0.05, 0.1) is 30.7 Å². The second-order valence-corrected chi connectivity index (χ2v) is 33.9. The van der Waals surface area contributed by atoms with E-state index in [4.69, 9.17) is 11.5 Å². The smallest absolute Gasteiger partial charge is 0.246 e. The number of fused-ring (bicyclic) bond motifs is 1. The molecule has 0 spiro atoms. The molecule has 1 aromatic heterocycles. The number of aromatic nitrogens is 1. The third-order valence-electron chi connectivity index (χ3n) is 21.9. The lowest BCUT2D eigenvalue weighted by Crippen LogP contribution is -2.64. The summed E-state index contributed by atoms with van der Waals surface area (Å²) in [6.45, 7) is 15.1. The molecule has 1 aliphatic heterocycles. The van der Waals surface area contributed by atoms with Crippen molar-refractivity contribution in [2.75, 3.05) is 13.2 Å². The lowest BCUT2D eigenvalue weighted by Gasteiger charge is -2.33. The number of aromatic amines is 1. The number of allylic oxidation sites excluding steroid dienone is 2. The second kappa shape index (κ2) is 51.4. The molecule has 5 aromatic rings. The van der Waals surface area contributed by atoms with E-state index in [0.717, 1.165) is 0 Å². The third kappa shape index (κ3) is 34.2. The van der Waals surface area contributed by atoms with Crippen molar-refractivity contribution in [1.82, 2.24) is 74.1 Å². The van der Waals surface area contributed by atoms with Crippen LogP contribution in [0.15, 0.2) is 128 Å². The average molecular weight is 1770 g/mol. The van der Waals surface area contributed by atoms with Gasteiger partial charge in [0.15, 0.2) is 0 Å². The molecule has 21 N–H and O–H groups in total. The van der Waals surface area contributed by atoms with Crippen LogP contribution in [0.4, 0.5) is 0 Å². The van der Waals surface area contributed by atoms with Crippen molar-refractivity contribution in [2.24, 2.45) is 29.2 Å². The maximum atomic E-state index is 15.3. The van der Waals surface area contributed by atoms with Gasteiger partial charge in [-0.2, -0.15) is 0 Å². The van der Waals surface area contributed by atoms with Gasteiger partial charge in [-0.25, -0.2) is 0 Å². The Hall–Kier alpha value is -12.2. The number of hydrogen-bond acceptors (Lipinski definition) is 20. The fourth-order valence-electron chi connectivity index (χ4n) is 14.6. The monoisotopic (exact) mass is 1760 g/mol. The highest BCUT2D eigenvalue weighted by Crippen LogP contribution is 2.25. The number of primary amides is 2. The minimum absolute atomic E-state index is 0. The topological polar surface area (TPSA) is 558 Å². The molecular formula is C92H132N16O19. The van der Waals surface area contributed by atoms with E-state index in [1.54, 1.807) is 91.1 Å². The summed E-state index contributed by atoms with van der Waals surface area (Å²) in [5.74, 6) is -16.1. The van der Waals surface area contributed by atoms with Gasteiger partial charge in [-0.3, -0.25) is 76.7 Å². The summed E-state index contributed by atoms with van der Waals surface area (Å²) in [4.78, 5) is 231. The van der Waals surface area contributed by atoms with E-state index in [2.05, 4.69) is 74.1 Å². The van der Waals surface area contributed by atoms with Crippen LogP contribution in [0.1, 0.15) is 189 Å². The molecule has 35 heteroatoms. The van der Waals surface area contributed by atoms with E-state index < -0.39 is 197 Å². The molecule has 0 aliphatic carbocycles. The van der Waals surface area contributed by atoms with Gasteiger partial charge in [0.2, 0.25) is 94.3 Å². The highest BCUT2D eigenvalue weighted by Gasteiger charge is 2.43. The van der Waals surface area contributed by atoms with E-state index in [9.17, 15) is 68.1 Å². The largest absolute Gasteiger partial charge is 0.508 e. The van der Waals surface area contributed by atoms with Crippen LogP contribution < -0.4 is 80.6 Å². The molecule has 4 aromatic carbocycles. The fraction of sp³-hybridized carbons (Fsp3) is 0.522. The first-order valence-corrected chi connectivity index (χ1v) is 43.0. The SMILES string of the molecule is C.CC(=O)N[C@@H](CC(C)C)C(=O)N[C@H](C(=O)N[C@@H](Cc1ccccc1)C(=O)N[C@]1(C)CCCCCCC=CCCC[C@@](C)(C(=O)NC(CO)C(=O)N[C@@H](C)C(=O)NC(Cc2ccccc2)C(N)=O)NC(=O)[C@H](CC(C)C)CN[C@@H](CCC(N)=O)C(=O)C(=O)C(C)NC(=O)[C@H](Cc2c[nH]c3ccccc23)NC(=O)[C@H](Cc2ccc(O)cc2)NC(=O)C(C)NC1=O)[C@@H](C)O. The highest BCUT2D eigenvalue weighted by atomic mass is 16.3. The lowest BCUT2D eigenvalue weighted by atomic mass is 9.89. The van der Waals surface area contributed by atoms with Crippen molar-refractivity contribution in [2.45, 2.75) is 276 Å². The molecule has 4 unspecified atom stereocenters. The maximum Gasteiger partial charge on any atom is 0.246 e. The van der Waals surface area contributed by atoms with Gasteiger partial charge in [0.1, 0.15) is 71.2 Å². The Morgan fingerprint density at radius 3 is 1.72 bits per heavy atom. The number of Topliss-reactive ketones (excluding diaryl/α,β-unsaturated/α-hetero) is 2. The molecule has 1 aliphatic rings. The second-order valence-electron chi connectivity index (χ2n) is 33.9. The Balaban J connectivity index is 0.0000286. The number of aliphatic hydroxyl groups excluding tert-OH is 2. The number of aliphatic hydroxyl groups is 2. The van der Waals surface area contributed by atoms with Crippen molar-refractivity contribution in [3.05, 3.63) is 150 Å². The number of nitrogens with one attached hydrogen (secondary N) is 14. The summed E-state index contributed by atoms with van der Waals surface area (Å²) in [5.41, 5.74) is 10.2. The molecule has 0 radical (unpaired) electrons. The molecule has 35 nitrogen and oxygen atoms in total. The Kier molecular flexibility index (Phi) is 42.6. The first-order chi connectivity index (χ1) is 59.6. The summed E-state index contributed by atoms with van der Waals surface area (Å²) in [5, 5.41) is 67.5. The third-order valence-corrected chi connectivity index (χ3v) is 21.9. The number of phenolic OH excluding ortho intramolecular Hbond substituents is 1. The summed E-state index contributed by atoms with van der Waals surface area (Å²) < 4.78 is 0. The first-order valence-electron chi connectivity index (χ1n) is 43.0. The number of rotatable bonds is 31. The molecule has 127 heavy (non-hydrogen) atoms. The summed E-state index contributed by atoms with van der Waals surface area (Å²) in [6.07, 6.45) is 5.36. The van der Waals surface area contributed by atoms with Gasteiger partial charge < -0.3 is 101 Å². The van der Waals surface area contributed by atoms with Crippen molar-refractivity contribution in [3.8, 4) is 5.75 Å². The molecule has 0 bridgehead atoms. The standard InChI is InChI=1S/C91H128N16O19.CH4/c1-52(2)43-63-50-95-67(39-40-74(92)112)77(114)76(113)54(5)96-82(119)72(48-62-49-94-66-34-26-25-33-65(62)66)102-83(120)70(47-61-35-37-64(111)38-36-61)101-80(117)56(7)98-88(125)90(10,107-86(123)71(46-60-31-23-20-24-32-60)103-87(124)75(57(8)109)105-84(121)69(44-53(3)4)99-58(9)110)41-27-17-15-13-12-14-16-18-28-42-91(11,106-81(63)118)89(126)104-73(51-108)85(122)97-55(6)79(116)100-68(78(93)115)45-59-29-21-19-22-30-59;/h14,16,19-26,29-38,49,52-57,63,67-73,75,94-95,108-109,111H,12-13,15,17-18,27-28,39-48,50-51H2,1-11H3,(H2,92,112)(H2,93,115)(H,96,119)(H,97,122)(H,98,125)(H,99,110)(H,100,116)(H,101,117)(H,102,120)(H,103,124)(H,104,126)(H,105,121)(H,106,118)(H,107,123);1H4/t54?,55-,56?,57+,63+,67-,68?,69-,70-,71-,72-,73?,75-,90+,91-;/m0./s1. The summed E-state index contributed by atoms with van der Waals surface area (Å²) in [6, 6.07) is 13.5. The number of carbonyl (C=O) groups excluding carboxylic acids is 16. The van der Waals surface area contributed by atoms with E-state index in [0.29, 0.717) is 65.3 Å². The van der Waals surface area contributed by atoms with Crippen LogP contribution in [0.5, 0.6) is 5.75 Å². The Labute approximate surface area is 742 Å². The predicted octanol–water partition coefficient (Wildman–Crippen LogP) is 2.47. The molecule has 0 saturated carbocycles. The van der Waals surface area contributed by atoms with Crippen molar-refractivity contribution >= 4 is 105 Å². The van der Waals surface area contributed by atoms with E-state index in [1.807, 2.05) is 39.8 Å². The molecule has 14 amide bonds. The van der Waals surface area contributed by atoms with Gasteiger partial charge >= 0.3 is 0 Å². The number of carbonyl (C=O) groups is 16. The van der Waals surface area contributed by atoms with Crippen molar-refractivity contribution < 1.29 is 92.0 Å². The minimum atomic E-state index is -1.91. The lowest BCUT2D eigenvalue weighted by molar-refractivity contribution is -0.140. The number of phenols is 1. The van der Waals surface area contributed by atoms with Crippen LogP contribution in [-0.4, -0.2) is 211 Å². The van der Waals surface area contributed by atoms with Gasteiger partial charge in [-0.1, -0.05) is 158 Å². The first kappa shape index (κ1) is 105. The summed E-state index contributed by atoms with van der Waals surface area (Å²) >= 11 is 0. The zero-order valence-corrected chi connectivity index (χ0v) is 73.7. The van der Waals surface area contributed by atoms with Crippen LogP contribution in [0.2, 0.25) is 0 Å². The molecule has 6 rings (SSSR count). The molecule has 694 valence electrons. The Bertz CT molecular complexity index is 4600. The van der Waals surface area contributed by atoms with Gasteiger partial charge in [0, 0.05) is 62.7 Å². The van der Waals surface area contributed by atoms with E-state index in [-0.39, 0.29) is 102 Å². The number of amides is 14. The van der Waals surface area contributed by atoms with E-state index >= 15 is 24.0 Å².